The van der Waals surface area contributed by atoms with Gasteiger partial charge < -0.3 is 14.8 Å². The zero-order valence-electron chi connectivity index (χ0n) is 12.4. The summed E-state index contributed by atoms with van der Waals surface area (Å²) in [5.41, 5.74) is 1.67. The average Bonchev–Trinajstić information content (AvgIpc) is 3.30. The van der Waals surface area contributed by atoms with Crippen molar-refractivity contribution in [3.05, 3.63) is 58.6 Å². The monoisotopic (exact) mass is 329 g/mol. The second kappa shape index (κ2) is 5.78. The van der Waals surface area contributed by atoms with Crippen LogP contribution in [0.2, 0.25) is 5.02 Å². The molecule has 0 spiro atoms. The van der Waals surface area contributed by atoms with E-state index in [0.29, 0.717) is 28.0 Å². The van der Waals surface area contributed by atoms with Crippen LogP contribution in [0.4, 0.5) is 0 Å². The van der Waals surface area contributed by atoms with Crippen LogP contribution in [0.1, 0.15) is 34.8 Å². The van der Waals surface area contributed by atoms with E-state index in [1.165, 1.54) is 0 Å². The highest BCUT2D eigenvalue weighted by molar-refractivity contribution is 6.30. The van der Waals surface area contributed by atoms with Crippen molar-refractivity contribution in [2.45, 2.75) is 18.9 Å². The number of hydrogen-bond acceptors (Lipinski definition) is 3. The number of benzene rings is 2. The SMILES string of the molecule is O=C(NC(c1ccc(Cl)cc1)C1CC1)c1ccc2c(c1)OCO2. The molecular formula is C18H16ClNO3. The molecule has 4 nitrogen and oxygen atoms in total. The molecule has 0 saturated heterocycles. The van der Waals surface area contributed by atoms with Crippen LogP contribution in [0.25, 0.3) is 0 Å². The molecule has 1 aliphatic carbocycles. The first-order valence-corrected chi connectivity index (χ1v) is 8.04. The summed E-state index contributed by atoms with van der Waals surface area (Å²) in [4.78, 5) is 12.6. The normalized spacial score (nSPS) is 16.9. The molecule has 4 rings (SSSR count). The van der Waals surface area contributed by atoms with Crippen molar-refractivity contribution in [3.8, 4) is 11.5 Å². The number of amides is 1. The topological polar surface area (TPSA) is 47.6 Å². The van der Waals surface area contributed by atoms with Crippen molar-refractivity contribution >= 4 is 17.5 Å². The first-order chi connectivity index (χ1) is 11.2. The van der Waals surface area contributed by atoms with E-state index in [0.717, 1.165) is 18.4 Å². The van der Waals surface area contributed by atoms with E-state index in [9.17, 15) is 4.79 Å². The maximum absolute atomic E-state index is 12.6. The Bertz CT molecular complexity index is 740. The van der Waals surface area contributed by atoms with Gasteiger partial charge in [-0.15, -0.1) is 0 Å². The van der Waals surface area contributed by atoms with Gasteiger partial charge in [-0.1, -0.05) is 23.7 Å². The van der Waals surface area contributed by atoms with Gasteiger partial charge in [-0.3, -0.25) is 4.79 Å². The smallest absolute Gasteiger partial charge is 0.251 e. The van der Waals surface area contributed by atoms with Gasteiger partial charge in [0.2, 0.25) is 6.79 Å². The molecule has 118 valence electrons. The van der Waals surface area contributed by atoms with Crippen molar-refractivity contribution in [3.63, 3.8) is 0 Å². The van der Waals surface area contributed by atoms with Gasteiger partial charge in [-0.25, -0.2) is 0 Å². The minimum Gasteiger partial charge on any atom is -0.454 e. The highest BCUT2D eigenvalue weighted by Gasteiger charge is 2.33. The zero-order valence-corrected chi connectivity index (χ0v) is 13.2. The number of carbonyl (C=O) groups is 1. The number of hydrogen-bond donors (Lipinski definition) is 1. The Balaban J connectivity index is 1.54. The number of halogens is 1. The molecule has 1 aliphatic heterocycles. The molecule has 2 aromatic carbocycles. The van der Waals surface area contributed by atoms with Crippen molar-refractivity contribution in [1.29, 1.82) is 0 Å². The van der Waals surface area contributed by atoms with Gasteiger partial charge in [0, 0.05) is 10.6 Å². The summed E-state index contributed by atoms with van der Waals surface area (Å²) in [6.45, 7) is 0.204. The molecule has 1 unspecified atom stereocenters. The predicted molar refractivity (Wildman–Crippen MR) is 86.9 cm³/mol. The third kappa shape index (κ3) is 2.99. The summed E-state index contributed by atoms with van der Waals surface area (Å²) in [5, 5.41) is 3.84. The quantitative estimate of drug-likeness (QED) is 0.924. The molecular weight excluding hydrogens is 314 g/mol. The van der Waals surface area contributed by atoms with E-state index in [4.69, 9.17) is 21.1 Å². The number of nitrogens with one attached hydrogen (secondary N) is 1. The van der Waals surface area contributed by atoms with E-state index >= 15 is 0 Å². The van der Waals surface area contributed by atoms with Gasteiger partial charge in [-0.05, 0) is 54.7 Å². The van der Waals surface area contributed by atoms with Gasteiger partial charge in [-0.2, -0.15) is 0 Å². The second-order valence-corrected chi connectivity index (χ2v) is 6.34. The molecule has 1 heterocycles. The van der Waals surface area contributed by atoms with Crippen LogP contribution in [0.15, 0.2) is 42.5 Å². The number of carbonyl (C=O) groups excluding carboxylic acids is 1. The fourth-order valence-electron chi connectivity index (χ4n) is 2.84. The largest absolute Gasteiger partial charge is 0.454 e. The summed E-state index contributed by atoms with van der Waals surface area (Å²) in [7, 11) is 0. The number of rotatable bonds is 4. The Hall–Kier alpha value is -2.20. The molecule has 2 aliphatic rings. The van der Waals surface area contributed by atoms with Crippen molar-refractivity contribution in [1.82, 2.24) is 5.32 Å². The minimum absolute atomic E-state index is 0.0187. The standard InChI is InChI=1S/C18H16ClNO3/c19-14-6-3-12(4-7-14)17(11-1-2-11)20-18(21)13-5-8-15-16(9-13)23-10-22-15/h3-9,11,17H,1-2,10H2,(H,20,21). The molecule has 2 aromatic rings. The highest BCUT2D eigenvalue weighted by Crippen LogP contribution is 2.41. The number of fused-ring (bicyclic) bond motifs is 1. The molecule has 1 N–H and O–H groups in total. The van der Waals surface area contributed by atoms with E-state index < -0.39 is 0 Å². The number of ether oxygens (including phenoxy) is 2. The molecule has 1 atom stereocenters. The van der Waals surface area contributed by atoms with Gasteiger partial charge in [0.05, 0.1) is 6.04 Å². The van der Waals surface area contributed by atoms with Crippen LogP contribution >= 0.6 is 11.6 Å². The average molecular weight is 330 g/mol. The minimum atomic E-state index is -0.102. The van der Waals surface area contributed by atoms with Crippen LogP contribution in [0.3, 0.4) is 0 Å². The van der Waals surface area contributed by atoms with Crippen LogP contribution in [-0.2, 0) is 0 Å². The predicted octanol–water partition coefficient (Wildman–Crippen LogP) is 3.95. The Morgan fingerprint density at radius 2 is 1.83 bits per heavy atom. The van der Waals surface area contributed by atoms with Crippen molar-refractivity contribution in [2.75, 3.05) is 6.79 Å². The lowest BCUT2D eigenvalue weighted by atomic mass is 10.0. The fourth-order valence-corrected chi connectivity index (χ4v) is 2.96. The summed E-state index contributed by atoms with van der Waals surface area (Å²) >= 11 is 5.95. The first-order valence-electron chi connectivity index (χ1n) is 7.67. The fraction of sp³-hybridized carbons (Fsp3) is 0.278. The van der Waals surface area contributed by atoms with Gasteiger partial charge in [0.25, 0.3) is 5.91 Å². The van der Waals surface area contributed by atoms with E-state index in [2.05, 4.69) is 5.32 Å². The van der Waals surface area contributed by atoms with Crippen LogP contribution in [0, 0.1) is 5.92 Å². The summed E-state index contributed by atoms with van der Waals surface area (Å²) in [5.74, 6) is 1.69. The first kappa shape index (κ1) is 14.4. The van der Waals surface area contributed by atoms with E-state index in [1.807, 2.05) is 24.3 Å². The molecule has 1 fully saturated rings. The molecule has 5 heteroatoms. The Kier molecular flexibility index (Phi) is 3.62. The molecule has 1 amide bonds. The second-order valence-electron chi connectivity index (χ2n) is 5.91. The van der Waals surface area contributed by atoms with E-state index in [1.54, 1.807) is 18.2 Å². The maximum atomic E-state index is 12.6. The Morgan fingerprint density at radius 3 is 2.57 bits per heavy atom. The lowest BCUT2D eigenvalue weighted by Crippen LogP contribution is -2.29. The molecule has 0 aromatic heterocycles. The molecule has 23 heavy (non-hydrogen) atoms. The zero-order chi connectivity index (χ0) is 15.8. The van der Waals surface area contributed by atoms with Gasteiger partial charge in [0.1, 0.15) is 0 Å². The van der Waals surface area contributed by atoms with Crippen LogP contribution < -0.4 is 14.8 Å². The lowest BCUT2D eigenvalue weighted by molar-refractivity contribution is 0.0931. The lowest BCUT2D eigenvalue weighted by Gasteiger charge is -2.19. The van der Waals surface area contributed by atoms with Crippen LogP contribution in [-0.4, -0.2) is 12.7 Å². The third-order valence-corrected chi connectivity index (χ3v) is 4.50. The van der Waals surface area contributed by atoms with Gasteiger partial charge in [0.15, 0.2) is 11.5 Å². The summed E-state index contributed by atoms with van der Waals surface area (Å²) in [6, 6.07) is 12.9. The highest BCUT2D eigenvalue weighted by atomic mass is 35.5. The van der Waals surface area contributed by atoms with Crippen molar-refractivity contribution < 1.29 is 14.3 Å². The Labute approximate surface area is 139 Å². The molecule has 1 saturated carbocycles. The molecule has 0 radical (unpaired) electrons. The van der Waals surface area contributed by atoms with Crippen molar-refractivity contribution in [2.24, 2.45) is 5.92 Å². The maximum Gasteiger partial charge on any atom is 0.251 e. The summed E-state index contributed by atoms with van der Waals surface area (Å²) < 4.78 is 10.6. The van der Waals surface area contributed by atoms with Gasteiger partial charge >= 0.3 is 0 Å². The summed E-state index contributed by atoms with van der Waals surface area (Å²) in [6.07, 6.45) is 2.27. The van der Waals surface area contributed by atoms with E-state index in [-0.39, 0.29) is 18.7 Å². The Morgan fingerprint density at radius 1 is 1.09 bits per heavy atom. The third-order valence-electron chi connectivity index (χ3n) is 4.24. The molecule has 0 bridgehead atoms. The van der Waals surface area contributed by atoms with Crippen LogP contribution in [0.5, 0.6) is 11.5 Å².